The summed E-state index contributed by atoms with van der Waals surface area (Å²) in [6, 6.07) is 8.05. The summed E-state index contributed by atoms with van der Waals surface area (Å²) >= 11 is 0. The van der Waals surface area contributed by atoms with E-state index in [9.17, 15) is 14.0 Å². The van der Waals surface area contributed by atoms with E-state index in [0.29, 0.717) is 62.8 Å². The average molecular weight is 465 g/mol. The van der Waals surface area contributed by atoms with Crippen LogP contribution in [0.3, 0.4) is 0 Å². The minimum Gasteiger partial charge on any atom is -0.450 e. The monoisotopic (exact) mass is 465 g/mol. The molecule has 0 saturated carbocycles. The van der Waals surface area contributed by atoms with Crippen LogP contribution in [0.2, 0.25) is 0 Å². The quantitative estimate of drug-likeness (QED) is 0.449. The Morgan fingerprint density at radius 3 is 2.50 bits per heavy atom. The number of rotatable bonds is 5. The molecule has 34 heavy (non-hydrogen) atoms. The lowest BCUT2D eigenvalue weighted by molar-refractivity contribution is -0.132. The standard InChI is InChI=1S/C23H24FN7O3/c1-2-34-23(33)29-11-9-28(10-12-29)21(32)8-7-20-25-26-22-19-15-18(16-3-5-17(24)6-4-16)27-31(19)14-13-30(20)22/h3-6,13-15H,2,7-12H2,1H3. The molecule has 0 spiro atoms. The minimum absolute atomic E-state index is 0.0179. The Morgan fingerprint density at radius 2 is 1.76 bits per heavy atom. The Morgan fingerprint density at radius 1 is 1.03 bits per heavy atom. The summed E-state index contributed by atoms with van der Waals surface area (Å²) in [6.07, 6.45) is 4.03. The van der Waals surface area contributed by atoms with Crippen LogP contribution in [0.4, 0.5) is 9.18 Å². The van der Waals surface area contributed by atoms with E-state index in [-0.39, 0.29) is 17.8 Å². The van der Waals surface area contributed by atoms with Gasteiger partial charge in [-0.2, -0.15) is 5.10 Å². The summed E-state index contributed by atoms with van der Waals surface area (Å²) in [5.41, 5.74) is 2.90. The Bertz CT molecular complexity index is 1340. The molecule has 1 fully saturated rings. The number of halogens is 1. The van der Waals surface area contributed by atoms with Crippen molar-refractivity contribution in [1.82, 2.24) is 34.0 Å². The number of aryl methyl sites for hydroxylation is 1. The van der Waals surface area contributed by atoms with Gasteiger partial charge in [0, 0.05) is 57.0 Å². The molecule has 0 unspecified atom stereocenters. The second-order valence-corrected chi connectivity index (χ2v) is 8.04. The third-order valence-corrected chi connectivity index (χ3v) is 5.95. The maximum absolute atomic E-state index is 13.2. The van der Waals surface area contributed by atoms with Crippen molar-refractivity contribution in [2.45, 2.75) is 19.8 Å². The molecule has 10 nitrogen and oxygen atoms in total. The zero-order chi connectivity index (χ0) is 23.7. The molecular weight excluding hydrogens is 441 g/mol. The van der Waals surface area contributed by atoms with Crippen molar-refractivity contribution in [1.29, 1.82) is 0 Å². The molecule has 4 aromatic rings. The zero-order valence-electron chi connectivity index (χ0n) is 18.7. The molecule has 0 bridgehead atoms. The number of benzene rings is 1. The van der Waals surface area contributed by atoms with Crippen molar-refractivity contribution >= 4 is 23.2 Å². The average Bonchev–Trinajstić information content (AvgIpc) is 3.47. The molecular formula is C23H24FN7O3. The van der Waals surface area contributed by atoms with Crippen molar-refractivity contribution in [2.75, 3.05) is 32.8 Å². The van der Waals surface area contributed by atoms with E-state index >= 15 is 0 Å². The summed E-state index contributed by atoms with van der Waals surface area (Å²) in [5, 5.41) is 13.2. The van der Waals surface area contributed by atoms with Crippen LogP contribution in [-0.4, -0.2) is 78.8 Å². The van der Waals surface area contributed by atoms with Gasteiger partial charge in [0.2, 0.25) is 5.91 Å². The molecule has 1 aliphatic rings. The summed E-state index contributed by atoms with van der Waals surface area (Å²) in [5.74, 6) is 0.400. The fourth-order valence-electron chi connectivity index (χ4n) is 4.12. The lowest BCUT2D eigenvalue weighted by atomic mass is 10.1. The number of piperazine rings is 1. The lowest BCUT2D eigenvalue weighted by Crippen LogP contribution is -2.50. The van der Waals surface area contributed by atoms with E-state index in [0.717, 1.165) is 11.1 Å². The van der Waals surface area contributed by atoms with Gasteiger partial charge < -0.3 is 14.5 Å². The van der Waals surface area contributed by atoms with E-state index in [1.165, 1.54) is 12.1 Å². The van der Waals surface area contributed by atoms with Crippen molar-refractivity contribution in [3.63, 3.8) is 0 Å². The number of carbonyl (C=O) groups is 2. The number of amides is 2. The smallest absolute Gasteiger partial charge is 0.409 e. The Hall–Kier alpha value is -4.02. The third-order valence-electron chi connectivity index (χ3n) is 5.95. The van der Waals surface area contributed by atoms with Crippen molar-refractivity contribution < 1.29 is 18.7 Å². The molecule has 2 amide bonds. The van der Waals surface area contributed by atoms with E-state index in [4.69, 9.17) is 4.74 Å². The third kappa shape index (κ3) is 4.16. The first-order chi connectivity index (χ1) is 16.5. The minimum atomic E-state index is -0.335. The first-order valence-electron chi connectivity index (χ1n) is 11.2. The highest BCUT2D eigenvalue weighted by Crippen LogP contribution is 2.22. The van der Waals surface area contributed by atoms with Gasteiger partial charge in [0.25, 0.3) is 0 Å². The number of fused-ring (bicyclic) bond motifs is 3. The first-order valence-corrected chi connectivity index (χ1v) is 11.2. The van der Waals surface area contributed by atoms with Crippen LogP contribution in [0, 0.1) is 5.82 Å². The van der Waals surface area contributed by atoms with Crippen LogP contribution in [0.5, 0.6) is 0 Å². The fourth-order valence-corrected chi connectivity index (χ4v) is 4.12. The normalized spacial score (nSPS) is 14.2. The molecule has 1 aliphatic heterocycles. The van der Waals surface area contributed by atoms with Gasteiger partial charge in [-0.3, -0.25) is 9.20 Å². The Kier molecular flexibility index (Phi) is 5.83. The van der Waals surface area contributed by atoms with Gasteiger partial charge in [0.05, 0.1) is 12.3 Å². The SMILES string of the molecule is CCOC(=O)N1CCN(C(=O)CCc2nnc3c4cc(-c5ccc(F)cc5)nn4ccn23)CC1. The fraction of sp³-hybridized carbons (Fsp3) is 0.348. The second-order valence-electron chi connectivity index (χ2n) is 8.04. The van der Waals surface area contributed by atoms with E-state index in [1.54, 1.807) is 39.6 Å². The first kappa shape index (κ1) is 21.8. The van der Waals surface area contributed by atoms with E-state index < -0.39 is 0 Å². The number of aromatic nitrogens is 5. The van der Waals surface area contributed by atoms with Crippen molar-refractivity contribution in [3.05, 3.63) is 54.4 Å². The molecule has 1 saturated heterocycles. The zero-order valence-corrected chi connectivity index (χ0v) is 18.7. The molecule has 176 valence electrons. The summed E-state index contributed by atoms with van der Waals surface area (Å²) in [6.45, 7) is 4.02. The van der Waals surface area contributed by atoms with Gasteiger partial charge in [0.1, 0.15) is 17.2 Å². The van der Waals surface area contributed by atoms with Crippen LogP contribution < -0.4 is 0 Å². The van der Waals surface area contributed by atoms with Crippen LogP contribution in [0.25, 0.3) is 22.4 Å². The maximum atomic E-state index is 13.2. The van der Waals surface area contributed by atoms with Crippen molar-refractivity contribution in [2.24, 2.45) is 0 Å². The van der Waals surface area contributed by atoms with Crippen LogP contribution in [-0.2, 0) is 16.0 Å². The highest BCUT2D eigenvalue weighted by molar-refractivity contribution is 5.78. The molecule has 0 atom stereocenters. The number of hydrogen-bond donors (Lipinski definition) is 0. The van der Waals surface area contributed by atoms with Crippen LogP contribution in [0.1, 0.15) is 19.2 Å². The number of nitrogens with zero attached hydrogens (tertiary/aromatic N) is 7. The molecule has 1 aromatic carbocycles. The van der Waals surface area contributed by atoms with Gasteiger partial charge in [-0.15, -0.1) is 10.2 Å². The summed E-state index contributed by atoms with van der Waals surface area (Å²) < 4.78 is 21.8. The molecule has 0 aliphatic carbocycles. The highest BCUT2D eigenvalue weighted by Gasteiger charge is 2.25. The second kappa shape index (κ2) is 9.08. The van der Waals surface area contributed by atoms with Gasteiger partial charge in [-0.25, -0.2) is 13.7 Å². The van der Waals surface area contributed by atoms with E-state index in [1.807, 2.05) is 16.7 Å². The highest BCUT2D eigenvalue weighted by atomic mass is 19.1. The largest absolute Gasteiger partial charge is 0.450 e. The topological polar surface area (TPSA) is 97.3 Å². The lowest BCUT2D eigenvalue weighted by Gasteiger charge is -2.34. The maximum Gasteiger partial charge on any atom is 0.409 e. The Balaban J connectivity index is 1.27. The molecule has 5 rings (SSSR count). The Labute approximate surface area is 194 Å². The van der Waals surface area contributed by atoms with Gasteiger partial charge >= 0.3 is 6.09 Å². The number of ether oxygens (including phenoxy) is 1. The predicted octanol–water partition coefficient (Wildman–Crippen LogP) is 2.42. The number of carbonyl (C=O) groups excluding carboxylic acids is 2. The molecule has 0 N–H and O–H groups in total. The summed E-state index contributed by atoms with van der Waals surface area (Å²) in [7, 11) is 0. The van der Waals surface area contributed by atoms with Crippen LogP contribution in [0.15, 0.2) is 42.7 Å². The van der Waals surface area contributed by atoms with Crippen molar-refractivity contribution in [3.8, 4) is 11.3 Å². The predicted molar refractivity (Wildman–Crippen MR) is 121 cm³/mol. The molecule has 11 heteroatoms. The summed E-state index contributed by atoms with van der Waals surface area (Å²) in [4.78, 5) is 27.9. The van der Waals surface area contributed by atoms with Gasteiger partial charge in [0.15, 0.2) is 5.65 Å². The van der Waals surface area contributed by atoms with Gasteiger partial charge in [-0.05, 0) is 37.3 Å². The molecule has 0 radical (unpaired) electrons. The number of hydrogen-bond acceptors (Lipinski definition) is 6. The van der Waals surface area contributed by atoms with E-state index in [2.05, 4.69) is 15.3 Å². The van der Waals surface area contributed by atoms with Gasteiger partial charge in [-0.1, -0.05) is 0 Å². The molecule has 3 aromatic heterocycles. The molecule has 4 heterocycles. The van der Waals surface area contributed by atoms with Crippen LogP contribution >= 0.6 is 0 Å².